The first-order valence-electron chi connectivity index (χ1n) is 12.3. The van der Waals surface area contributed by atoms with E-state index in [1.54, 1.807) is 0 Å². The molecule has 176 valence electrons. The fraction of sp³-hybridized carbons (Fsp3) is 0.778. The summed E-state index contributed by atoms with van der Waals surface area (Å²) < 4.78 is 0. The standard InChI is InChI=1S/C27H44O4/c1-17(8-6-14-26(3,4)31)21-12-13-22-19(9-7-15-27(21,22)5)10-11-20-18(2)23(28)16-24(29)25(20)30/h9-11,17,21-25,28-31H,6-8,12-16H2,1-5H3/b11-10-/t17-,21-,22-,23+,24+,25?,27-/m1/s1. The molecule has 4 N–H and O–H groups in total. The fourth-order valence-electron chi connectivity index (χ4n) is 6.62. The van der Waals surface area contributed by atoms with Gasteiger partial charge in [0.1, 0.15) is 6.10 Å². The quantitative estimate of drug-likeness (QED) is 0.471. The first-order valence-corrected chi connectivity index (χ1v) is 12.3. The van der Waals surface area contributed by atoms with Gasteiger partial charge in [-0.05, 0) is 92.8 Å². The zero-order chi connectivity index (χ0) is 23.0. The van der Waals surface area contributed by atoms with Crippen LogP contribution in [0.15, 0.2) is 34.9 Å². The van der Waals surface area contributed by atoms with E-state index in [2.05, 4.69) is 26.0 Å². The van der Waals surface area contributed by atoms with Crippen LogP contribution in [0.1, 0.15) is 86.0 Å². The van der Waals surface area contributed by atoms with Gasteiger partial charge in [-0.3, -0.25) is 0 Å². The summed E-state index contributed by atoms with van der Waals surface area (Å²) in [5.41, 5.74) is 2.48. The summed E-state index contributed by atoms with van der Waals surface area (Å²) in [7, 11) is 0. The molecule has 1 fully saturated rings. The molecule has 4 nitrogen and oxygen atoms in total. The van der Waals surface area contributed by atoms with Crippen LogP contribution in [-0.2, 0) is 0 Å². The van der Waals surface area contributed by atoms with Gasteiger partial charge >= 0.3 is 0 Å². The Hall–Kier alpha value is -0.940. The van der Waals surface area contributed by atoms with Gasteiger partial charge in [-0.15, -0.1) is 0 Å². The van der Waals surface area contributed by atoms with Crippen molar-refractivity contribution in [2.45, 2.75) is 110 Å². The first-order chi connectivity index (χ1) is 14.4. The van der Waals surface area contributed by atoms with E-state index < -0.39 is 23.9 Å². The van der Waals surface area contributed by atoms with Crippen molar-refractivity contribution >= 4 is 0 Å². The summed E-state index contributed by atoms with van der Waals surface area (Å²) in [4.78, 5) is 0. The Balaban J connectivity index is 1.71. The van der Waals surface area contributed by atoms with Crippen molar-refractivity contribution in [3.8, 4) is 0 Å². The van der Waals surface area contributed by atoms with Crippen LogP contribution in [0.4, 0.5) is 0 Å². The predicted octanol–water partition coefficient (Wildman–Crippen LogP) is 4.68. The molecule has 4 heteroatoms. The van der Waals surface area contributed by atoms with Gasteiger partial charge in [0.2, 0.25) is 0 Å². The van der Waals surface area contributed by atoms with Crippen molar-refractivity contribution in [3.63, 3.8) is 0 Å². The highest BCUT2D eigenvalue weighted by atomic mass is 16.3. The molecule has 3 aliphatic carbocycles. The second kappa shape index (κ2) is 9.51. The maximum atomic E-state index is 10.4. The molecule has 0 aromatic carbocycles. The molecule has 0 aromatic rings. The van der Waals surface area contributed by atoms with Gasteiger partial charge in [-0.25, -0.2) is 0 Å². The first kappa shape index (κ1) is 24.7. The summed E-state index contributed by atoms with van der Waals surface area (Å²) in [5, 5.41) is 40.7. The lowest BCUT2D eigenvalue weighted by Gasteiger charge is -2.43. The van der Waals surface area contributed by atoms with E-state index in [1.807, 2.05) is 26.8 Å². The Labute approximate surface area is 188 Å². The Morgan fingerprint density at radius 3 is 2.58 bits per heavy atom. The van der Waals surface area contributed by atoms with Gasteiger partial charge in [-0.2, -0.15) is 0 Å². The Kier molecular flexibility index (Phi) is 7.57. The van der Waals surface area contributed by atoms with Gasteiger partial charge in [0.05, 0.1) is 17.8 Å². The molecule has 3 rings (SSSR count). The van der Waals surface area contributed by atoms with Crippen LogP contribution in [0.5, 0.6) is 0 Å². The van der Waals surface area contributed by atoms with Crippen LogP contribution < -0.4 is 0 Å². The van der Waals surface area contributed by atoms with E-state index in [1.165, 1.54) is 31.3 Å². The van der Waals surface area contributed by atoms with Crippen molar-refractivity contribution in [1.29, 1.82) is 0 Å². The molecule has 0 radical (unpaired) electrons. The van der Waals surface area contributed by atoms with E-state index in [4.69, 9.17) is 0 Å². The van der Waals surface area contributed by atoms with Gasteiger partial charge < -0.3 is 20.4 Å². The molecule has 0 amide bonds. The van der Waals surface area contributed by atoms with Crippen LogP contribution in [0, 0.1) is 23.2 Å². The van der Waals surface area contributed by atoms with E-state index in [0.717, 1.165) is 24.8 Å². The molecule has 1 saturated carbocycles. The summed E-state index contributed by atoms with van der Waals surface area (Å²) in [6.45, 7) is 10.5. The SMILES string of the molecule is CC1=C(/C=C\C2=CCC[C@@]3(C)[C@@H]2CC[C@@H]3[C@H](C)CCCC(C)(C)O)C(O)[C@@H](O)C[C@@H]1O. The average molecular weight is 433 g/mol. The number of fused-ring (bicyclic) bond motifs is 1. The van der Waals surface area contributed by atoms with Crippen molar-refractivity contribution in [1.82, 2.24) is 0 Å². The Bertz CT molecular complexity index is 728. The molecular formula is C27H44O4. The average Bonchev–Trinajstić information content (AvgIpc) is 3.03. The van der Waals surface area contributed by atoms with Crippen LogP contribution in [-0.4, -0.2) is 44.3 Å². The minimum Gasteiger partial charge on any atom is -0.390 e. The molecule has 0 saturated heterocycles. The lowest BCUT2D eigenvalue weighted by molar-refractivity contribution is 0.00107. The van der Waals surface area contributed by atoms with Crippen LogP contribution in [0.2, 0.25) is 0 Å². The molecule has 31 heavy (non-hydrogen) atoms. The Morgan fingerprint density at radius 1 is 1.19 bits per heavy atom. The molecular weight excluding hydrogens is 388 g/mol. The molecule has 0 aliphatic heterocycles. The van der Waals surface area contributed by atoms with E-state index in [9.17, 15) is 20.4 Å². The third-order valence-corrected chi connectivity index (χ3v) is 8.57. The van der Waals surface area contributed by atoms with Gasteiger partial charge in [0, 0.05) is 6.42 Å². The number of allylic oxidation sites excluding steroid dienone is 3. The second-order valence-electron chi connectivity index (χ2n) is 11.4. The summed E-state index contributed by atoms with van der Waals surface area (Å²) in [6, 6.07) is 0. The maximum Gasteiger partial charge on any atom is 0.105 e. The van der Waals surface area contributed by atoms with Crippen molar-refractivity contribution in [2.24, 2.45) is 23.2 Å². The topological polar surface area (TPSA) is 80.9 Å². The predicted molar refractivity (Wildman–Crippen MR) is 125 cm³/mol. The molecule has 0 bridgehead atoms. The lowest BCUT2D eigenvalue weighted by Crippen LogP contribution is -2.37. The smallest absolute Gasteiger partial charge is 0.105 e. The number of hydrogen-bond donors (Lipinski definition) is 4. The highest BCUT2D eigenvalue weighted by Crippen LogP contribution is 2.58. The fourth-order valence-corrected chi connectivity index (χ4v) is 6.62. The number of aliphatic hydroxyl groups is 4. The minimum absolute atomic E-state index is 0.195. The van der Waals surface area contributed by atoms with Gasteiger partial charge in [0.15, 0.2) is 0 Å². The van der Waals surface area contributed by atoms with Crippen molar-refractivity contribution in [3.05, 3.63) is 34.9 Å². The monoisotopic (exact) mass is 432 g/mol. The van der Waals surface area contributed by atoms with E-state index in [-0.39, 0.29) is 11.8 Å². The van der Waals surface area contributed by atoms with Crippen molar-refractivity contribution < 1.29 is 20.4 Å². The number of rotatable bonds is 7. The van der Waals surface area contributed by atoms with Gasteiger partial charge in [0.25, 0.3) is 0 Å². The zero-order valence-electron chi connectivity index (χ0n) is 20.1. The summed E-state index contributed by atoms with van der Waals surface area (Å²) in [6.07, 6.45) is 11.9. The molecule has 0 heterocycles. The molecule has 0 spiro atoms. The maximum absolute atomic E-state index is 10.4. The largest absolute Gasteiger partial charge is 0.390 e. The number of hydrogen-bond acceptors (Lipinski definition) is 4. The molecule has 7 atom stereocenters. The van der Waals surface area contributed by atoms with Crippen LogP contribution >= 0.6 is 0 Å². The van der Waals surface area contributed by atoms with Gasteiger partial charge in [-0.1, -0.05) is 44.9 Å². The van der Waals surface area contributed by atoms with E-state index >= 15 is 0 Å². The normalized spacial score (nSPS) is 37.8. The van der Waals surface area contributed by atoms with E-state index in [0.29, 0.717) is 23.3 Å². The zero-order valence-corrected chi connectivity index (χ0v) is 20.1. The Morgan fingerprint density at radius 2 is 1.90 bits per heavy atom. The highest BCUT2D eigenvalue weighted by Gasteiger charge is 2.49. The third kappa shape index (κ3) is 5.35. The summed E-state index contributed by atoms with van der Waals surface area (Å²) >= 11 is 0. The lowest BCUT2D eigenvalue weighted by atomic mass is 9.62. The molecule has 1 unspecified atom stereocenters. The molecule has 0 aromatic heterocycles. The van der Waals surface area contributed by atoms with Crippen LogP contribution in [0.25, 0.3) is 0 Å². The minimum atomic E-state index is -0.928. The second-order valence-corrected chi connectivity index (χ2v) is 11.4. The third-order valence-electron chi connectivity index (χ3n) is 8.57. The molecule has 3 aliphatic rings. The number of aliphatic hydroxyl groups excluding tert-OH is 3. The van der Waals surface area contributed by atoms with Crippen LogP contribution in [0.3, 0.4) is 0 Å². The highest BCUT2D eigenvalue weighted by molar-refractivity contribution is 5.39. The van der Waals surface area contributed by atoms with Crippen molar-refractivity contribution in [2.75, 3.05) is 0 Å². The summed E-state index contributed by atoms with van der Waals surface area (Å²) in [5.74, 6) is 1.87.